The van der Waals surface area contributed by atoms with Gasteiger partial charge in [0.25, 0.3) is 5.91 Å². The molecule has 1 amide bonds. The molecule has 6 heteroatoms. The van der Waals surface area contributed by atoms with Crippen molar-refractivity contribution >= 4 is 5.91 Å². The molecule has 128 valence electrons. The van der Waals surface area contributed by atoms with Crippen molar-refractivity contribution in [2.75, 3.05) is 26.4 Å². The maximum absolute atomic E-state index is 12.7. The van der Waals surface area contributed by atoms with Gasteiger partial charge in [0.05, 0.1) is 24.1 Å². The van der Waals surface area contributed by atoms with E-state index in [-0.39, 0.29) is 24.0 Å². The maximum Gasteiger partial charge on any atom is 0.254 e. The lowest BCUT2D eigenvalue weighted by molar-refractivity contribution is -0.0146. The minimum Gasteiger partial charge on any atom is -0.396 e. The summed E-state index contributed by atoms with van der Waals surface area (Å²) in [6.07, 6.45) is 5.53. The van der Waals surface area contributed by atoms with Crippen LogP contribution < -0.4 is 5.32 Å². The molecule has 0 aromatic carbocycles. The van der Waals surface area contributed by atoms with Crippen LogP contribution in [-0.2, 0) is 4.74 Å². The second-order valence-electron chi connectivity index (χ2n) is 7.21. The minimum absolute atomic E-state index is 0.0712. The number of hydrogen-bond acceptors (Lipinski definition) is 4. The second kappa shape index (κ2) is 6.61. The lowest BCUT2D eigenvalue weighted by Crippen LogP contribution is -2.43. The molecule has 2 N–H and O–H groups in total. The van der Waals surface area contributed by atoms with Crippen molar-refractivity contribution in [1.29, 1.82) is 0 Å². The summed E-state index contributed by atoms with van der Waals surface area (Å²) in [5.41, 5.74) is 1.52. The van der Waals surface area contributed by atoms with Crippen molar-refractivity contribution in [3.05, 3.63) is 17.5 Å². The van der Waals surface area contributed by atoms with Crippen LogP contribution in [-0.4, -0.2) is 47.2 Å². The summed E-state index contributed by atoms with van der Waals surface area (Å²) in [7, 11) is 0. The fraction of sp³-hybridized carbons (Fsp3) is 0.765. The third kappa shape index (κ3) is 3.43. The highest BCUT2D eigenvalue weighted by Crippen LogP contribution is 2.42. The number of aromatic nitrogens is 2. The Bertz CT molecular complexity index is 557. The molecule has 1 saturated carbocycles. The van der Waals surface area contributed by atoms with Crippen LogP contribution >= 0.6 is 0 Å². The Morgan fingerprint density at radius 3 is 2.74 bits per heavy atom. The number of ether oxygens (including phenoxy) is 1. The van der Waals surface area contributed by atoms with Crippen molar-refractivity contribution < 1.29 is 14.6 Å². The number of amides is 1. The van der Waals surface area contributed by atoms with Gasteiger partial charge in [0, 0.05) is 37.1 Å². The topological polar surface area (TPSA) is 76.4 Å². The summed E-state index contributed by atoms with van der Waals surface area (Å²) < 4.78 is 7.34. The Labute approximate surface area is 137 Å². The van der Waals surface area contributed by atoms with Crippen molar-refractivity contribution in [3.63, 3.8) is 0 Å². The van der Waals surface area contributed by atoms with Gasteiger partial charge in [-0.3, -0.25) is 9.48 Å². The monoisotopic (exact) mass is 321 g/mol. The zero-order chi connectivity index (χ0) is 16.4. The summed E-state index contributed by atoms with van der Waals surface area (Å²) in [6, 6.07) is 0.256. The number of nitrogens with zero attached hydrogens (tertiary/aromatic N) is 2. The molecule has 0 bridgehead atoms. The lowest BCUT2D eigenvalue weighted by Gasteiger charge is -2.35. The molecule has 2 aliphatic rings. The average molecular weight is 321 g/mol. The number of aliphatic hydroxyl groups excluding tert-OH is 1. The third-order valence-corrected chi connectivity index (χ3v) is 5.04. The first-order valence-electron chi connectivity index (χ1n) is 8.60. The van der Waals surface area contributed by atoms with Gasteiger partial charge in [-0.15, -0.1) is 0 Å². The van der Waals surface area contributed by atoms with Gasteiger partial charge in [-0.25, -0.2) is 0 Å². The van der Waals surface area contributed by atoms with Crippen LogP contribution in [0.4, 0.5) is 0 Å². The number of aliphatic hydroxyl groups is 1. The molecule has 3 rings (SSSR count). The normalized spacial score (nSPS) is 20.7. The Morgan fingerprint density at radius 2 is 2.17 bits per heavy atom. The highest BCUT2D eigenvalue weighted by molar-refractivity contribution is 5.95. The molecule has 1 saturated heterocycles. The van der Waals surface area contributed by atoms with Crippen LogP contribution in [0.2, 0.25) is 0 Å². The van der Waals surface area contributed by atoms with E-state index in [0.29, 0.717) is 31.2 Å². The third-order valence-electron chi connectivity index (χ3n) is 5.04. The number of carbonyl (C=O) groups is 1. The summed E-state index contributed by atoms with van der Waals surface area (Å²) >= 11 is 0. The minimum atomic E-state index is -0.248. The van der Waals surface area contributed by atoms with E-state index >= 15 is 0 Å². The van der Waals surface area contributed by atoms with E-state index < -0.39 is 0 Å². The highest BCUT2D eigenvalue weighted by atomic mass is 16.5. The Hall–Kier alpha value is -1.40. The van der Waals surface area contributed by atoms with E-state index in [1.165, 1.54) is 0 Å². The molecule has 1 aromatic heterocycles. The smallest absolute Gasteiger partial charge is 0.254 e. The number of carbonyl (C=O) groups excluding carboxylic acids is 1. The van der Waals surface area contributed by atoms with E-state index in [9.17, 15) is 9.90 Å². The quantitative estimate of drug-likeness (QED) is 0.838. The van der Waals surface area contributed by atoms with E-state index in [4.69, 9.17) is 4.74 Å². The fourth-order valence-electron chi connectivity index (χ4n) is 3.28. The van der Waals surface area contributed by atoms with Crippen LogP contribution in [0.25, 0.3) is 0 Å². The van der Waals surface area contributed by atoms with Crippen LogP contribution in [0.3, 0.4) is 0 Å². The summed E-state index contributed by atoms with van der Waals surface area (Å²) in [4.78, 5) is 12.7. The molecule has 23 heavy (non-hydrogen) atoms. The first-order chi connectivity index (χ1) is 11.1. The Balaban J connectivity index is 1.71. The first kappa shape index (κ1) is 16.5. The molecule has 0 atom stereocenters. The molecular weight excluding hydrogens is 294 g/mol. The molecule has 0 unspecified atom stereocenters. The number of hydrogen-bond donors (Lipinski definition) is 2. The van der Waals surface area contributed by atoms with E-state index in [2.05, 4.69) is 24.3 Å². The molecule has 2 fully saturated rings. The standard InChI is InChI=1S/C17H27N3O3/c1-12(2)20-15(13-3-4-13)14(9-19-20)16(22)18-10-17(11-21)5-7-23-8-6-17/h9,12-13,21H,3-8,10-11H2,1-2H3,(H,18,22). The average Bonchev–Trinajstić information content (AvgIpc) is 3.31. The van der Waals surface area contributed by atoms with Gasteiger partial charge < -0.3 is 15.2 Å². The largest absolute Gasteiger partial charge is 0.396 e. The van der Waals surface area contributed by atoms with Gasteiger partial charge in [0.2, 0.25) is 0 Å². The van der Waals surface area contributed by atoms with Gasteiger partial charge in [0.1, 0.15) is 0 Å². The van der Waals surface area contributed by atoms with Crippen molar-refractivity contribution in [1.82, 2.24) is 15.1 Å². The molecule has 1 aromatic rings. The van der Waals surface area contributed by atoms with Gasteiger partial charge >= 0.3 is 0 Å². The molecule has 0 radical (unpaired) electrons. The molecule has 1 aliphatic heterocycles. The fourth-order valence-corrected chi connectivity index (χ4v) is 3.28. The lowest BCUT2D eigenvalue weighted by atomic mass is 9.81. The predicted octanol–water partition coefficient (Wildman–Crippen LogP) is 1.86. The molecule has 2 heterocycles. The second-order valence-corrected chi connectivity index (χ2v) is 7.21. The van der Waals surface area contributed by atoms with Crippen molar-refractivity contribution in [2.24, 2.45) is 5.41 Å². The summed E-state index contributed by atoms with van der Waals surface area (Å²) in [5, 5.41) is 17.2. The molecule has 1 aliphatic carbocycles. The first-order valence-corrected chi connectivity index (χ1v) is 8.60. The van der Waals surface area contributed by atoms with Crippen LogP contribution in [0, 0.1) is 5.41 Å². The van der Waals surface area contributed by atoms with Crippen molar-refractivity contribution in [2.45, 2.75) is 51.5 Å². The zero-order valence-corrected chi connectivity index (χ0v) is 14.0. The molecule has 0 spiro atoms. The number of rotatable bonds is 6. The van der Waals surface area contributed by atoms with Gasteiger partial charge in [0.15, 0.2) is 0 Å². The Morgan fingerprint density at radius 1 is 1.48 bits per heavy atom. The van der Waals surface area contributed by atoms with Gasteiger partial charge in [-0.05, 0) is 39.5 Å². The van der Waals surface area contributed by atoms with Crippen LogP contribution in [0.1, 0.15) is 67.5 Å². The number of nitrogens with one attached hydrogen (secondary N) is 1. The van der Waals surface area contributed by atoms with Gasteiger partial charge in [-0.2, -0.15) is 5.10 Å². The van der Waals surface area contributed by atoms with Gasteiger partial charge in [-0.1, -0.05) is 0 Å². The van der Waals surface area contributed by atoms with E-state index in [1.807, 2.05) is 4.68 Å². The highest BCUT2D eigenvalue weighted by Gasteiger charge is 2.35. The Kier molecular flexibility index (Phi) is 4.73. The molecular formula is C17H27N3O3. The summed E-state index contributed by atoms with van der Waals surface area (Å²) in [6.45, 7) is 6.04. The molecule has 6 nitrogen and oxygen atoms in total. The van der Waals surface area contributed by atoms with E-state index in [0.717, 1.165) is 31.4 Å². The van der Waals surface area contributed by atoms with Crippen LogP contribution in [0.15, 0.2) is 6.20 Å². The van der Waals surface area contributed by atoms with E-state index in [1.54, 1.807) is 6.20 Å². The summed E-state index contributed by atoms with van der Waals surface area (Å²) in [5.74, 6) is 0.397. The van der Waals surface area contributed by atoms with Crippen LogP contribution in [0.5, 0.6) is 0 Å². The maximum atomic E-state index is 12.7. The zero-order valence-electron chi connectivity index (χ0n) is 14.0. The van der Waals surface area contributed by atoms with Crippen molar-refractivity contribution in [3.8, 4) is 0 Å². The SMILES string of the molecule is CC(C)n1ncc(C(=O)NCC2(CO)CCOCC2)c1C1CC1. The predicted molar refractivity (Wildman–Crippen MR) is 86.5 cm³/mol.